The standard InChI is InChI=1S/C22H24N6O4S/c1-13-5-6-14(2)17(8-13)28-18(9-15-10-19(29)25-21(31)24-15)26-27-22(28)33-12-20(30)23-11-16-4-3-7-32-16/h3-8,15H,9-12H2,1-2H3,(H,23,30)(H2,24,25,29,31). The molecule has 0 spiro atoms. The summed E-state index contributed by atoms with van der Waals surface area (Å²) < 4.78 is 7.13. The van der Waals surface area contributed by atoms with Gasteiger partial charge in [-0.15, -0.1) is 10.2 Å². The van der Waals surface area contributed by atoms with Crippen molar-refractivity contribution in [1.29, 1.82) is 0 Å². The van der Waals surface area contributed by atoms with E-state index in [1.807, 2.05) is 36.6 Å². The zero-order valence-electron chi connectivity index (χ0n) is 18.3. The quantitative estimate of drug-likeness (QED) is 0.431. The molecular weight excluding hydrogens is 444 g/mol. The van der Waals surface area contributed by atoms with Crippen LogP contribution in [0.1, 0.15) is 29.1 Å². The van der Waals surface area contributed by atoms with Crippen molar-refractivity contribution in [2.45, 2.75) is 44.4 Å². The van der Waals surface area contributed by atoms with Crippen LogP contribution in [0.15, 0.2) is 46.2 Å². The lowest BCUT2D eigenvalue weighted by Gasteiger charge is -2.23. The molecule has 1 aliphatic rings. The first kappa shape index (κ1) is 22.6. The lowest BCUT2D eigenvalue weighted by Crippen LogP contribution is -2.53. The normalized spacial score (nSPS) is 15.8. The van der Waals surface area contributed by atoms with E-state index in [0.29, 0.717) is 29.7 Å². The second kappa shape index (κ2) is 9.90. The molecule has 1 unspecified atom stereocenters. The van der Waals surface area contributed by atoms with Crippen LogP contribution >= 0.6 is 11.8 Å². The van der Waals surface area contributed by atoms with E-state index in [1.165, 1.54) is 11.8 Å². The molecule has 0 aliphatic carbocycles. The molecule has 1 saturated heterocycles. The van der Waals surface area contributed by atoms with E-state index in [1.54, 1.807) is 18.4 Å². The van der Waals surface area contributed by atoms with E-state index in [9.17, 15) is 14.4 Å². The molecule has 1 aliphatic heterocycles. The average Bonchev–Trinajstić information content (AvgIpc) is 3.42. The van der Waals surface area contributed by atoms with Gasteiger partial charge in [0, 0.05) is 18.9 Å². The molecule has 4 amide bonds. The number of hydrogen-bond acceptors (Lipinski definition) is 7. The van der Waals surface area contributed by atoms with Gasteiger partial charge in [0.15, 0.2) is 5.16 Å². The van der Waals surface area contributed by atoms with Crippen LogP contribution in [0.25, 0.3) is 5.69 Å². The molecule has 1 fully saturated rings. The second-order valence-corrected chi connectivity index (χ2v) is 8.74. The number of hydrogen-bond donors (Lipinski definition) is 3. The first-order valence-corrected chi connectivity index (χ1v) is 11.4. The highest BCUT2D eigenvalue weighted by Crippen LogP contribution is 2.26. The molecule has 0 bridgehead atoms. The van der Waals surface area contributed by atoms with Crippen molar-refractivity contribution in [3.63, 3.8) is 0 Å². The van der Waals surface area contributed by atoms with Crippen molar-refractivity contribution in [2.75, 3.05) is 5.75 Å². The largest absolute Gasteiger partial charge is 0.467 e. The van der Waals surface area contributed by atoms with Crippen LogP contribution in [0, 0.1) is 13.8 Å². The molecule has 0 saturated carbocycles. The minimum absolute atomic E-state index is 0.145. The van der Waals surface area contributed by atoms with Crippen LogP contribution in [0.5, 0.6) is 0 Å². The van der Waals surface area contributed by atoms with Crippen molar-refractivity contribution < 1.29 is 18.8 Å². The Labute approximate surface area is 194 Å². The fourth-order valence-electron chi connectivity index (χ4n) is 3.53. The van der Waals surface area contributed by atoms with Crippen molar-refractivity contribution in [2.24, 2.45) is 0 Å². The highest BCUT2D eigenvalue weighted by atomic mass is 32.2. The van der Waals surface area contributed by atoms with Crippen LogP contribution in [-0.2, 0) is 22.6 Å². The molecule has 10 nitrogen and oxygen atoms in total. The number of imide groups is 1. The summed E-state index contributed by atoms with van der Waals surface area (Å²) in [7, 11) is 0. The highest BCUT2D eigenvalue weighted by molar-refractivity contribution is 7.99. The van der Waals surface area contributed by atoms with Crippen molar-refractivity contribution in [1.82, 2.24) is 30.7 Å². The number of benzene rings is 1. The Morgan fingerprint density at radius 2 is 2.12 bits per heavy atom. The summed E-state index contributed by atoms with van der Waals surface area (Å²) >= 11 is 1.27. The predicted molar refractivity (Wildman–Crippen MR) is 121 cm³/mol. The molecule has 1 atom stereocenters. The van der Waals surface area contributed by atoms with Crippen LogP contribution in [0.3, 0.4) is 0 Å². The van der Waals surface area contributed by atoms with Gasteiger partial charge in [-0.1, -0.05) is 23.9 Å². The SMILES string of the molecule is Cc1ccc(C)c(-n2c(CC3CC(=O)NC(=O)N3)nnc2SCC(=O)NCc2ccco2)c1. The Morgan fingerprint density at radius 3 is 2.88 bits per heavy atom. The number of amides is 4. The Kier molecular flexibility index (Phi) is 6.78. The third kappa shape index (κ3) is 5.61. The summed E-state index contributed by atoms with van der Waals surface area (Å²) in [4.78, 5) is 35.9. The molecule has 2 aromatic heterocycles. The maximum absolute atomic E-state index is 12.4. The predicted octanol–water partition coefficient (Wildman–Crippen LogP) is 2.03. The Morgan fingerprint density at radius 1 is 1.27 bits per heavy atom. The van der Waals surface area contributed by atoms with Gasteiger partial charge in [-0.2, -0.15) is 0 Å². The summed E-state index contributed by atoms with van der Waals surface area (Å²) in [5.41, 5.74) is 2.96. The topological polar surface area (TPSA) is 131 Å². The third-order valence-electron chi connectivity index (χ3n) is 5.13. The molecule has 33 heavy (non-hydrogen) atoms. The molecule has 3 N–H and O–H groups in total. The van der Waals surface area contributed by atoms with Crippen molar-refractivity contribution >= 4 is 29.6 Å². The molecule has 1 aromatic carbocycles. The summed E-state index contributed by atoms with van der Waals surface area (Å²) in [6, 6.07) is 8.70. The van der Waals surface area contributed by atoms with Gasteiger partial charge in [0.1, 0.15) is 11.6 Å². The van der Waals surface area contributed by atoms with Crippen molar-refractivity contribution in [3.05, 3.63) is 59.3 Å². The van der Waals surface area contributed by atoms with Gasteiger partial charge in [-0.3, -0.25) is 19.5 Å². The lowest BCUT2D eigenvalue weighted by atomic mass is 10.1. The minimum Gasteiger partial charge on any atom is -0.467 e. The van der Waals surface area contributed by atoms with E-state index in [2.05, 4.69) is 26.1 Å². The maximum atomic E-state index is 12.4. The van der Waals surface area contributed by atoms with Gasteiger partial charge in [0.2, 0.25) is 11.8 Å². The molecule has 4 rings (SSSR count). The van der Waals surface area contributed by atoms with Gasteiger partial charge in [-0.05, 0) is 43.2 Å². The maximum Gasteiger partial charge on any atom is 0.321 e. The smallest absolute Gasteiger partial charge is 0.321 e. The summed E-state index contributed by atoms with van der Waals surface area (Å²) in [6.45, 7) is 4.29. The zero-order valence-corrected chi connectivity index (χ0v) is 19.1. The number of aryl methyl sites for hydroxylation is 2. The van der Waals surface area contributed by atoms with Gasteiger partial charge in [0.05, 0.1) is 24.2 Å². The monoisotopic (exact) mass is 468 g/mol. The first-order valence-electron chi connectivity index (χ1n) is 10.4. The molecule has 3 aromatic rings. The minimum atomic E-state index is -0.517. The van der Waals surface area contributed by atoms with E-state index in [4.69, 9.17) is 4.42 Å². The number of thioether (sulfide) groups is 1. The first-order chi connectivity index (χ1) is 15.9. The number of nitrogens with one attached hydrogen (secondary N) is 3. The van der Waals surface area contributed by atoms with E-state index in [-0.39, 0.29) is 24.0 Å². The van der Waals surface area contributed by atoms with Crippen LogP contribution in [0.4, 0.5) is 4.79 Å². The summed E-state index contributed by atoms with van der Waals surface area (Å²) in [5, 5.41) is 17.0. The van der Waals surface area contributed by atoms with E-state index in [0.717, 1.165) is 16.8 Å². The number of rotatable bonds is 8. The Balaban J connectivity index is 1.54. The Hall–Kier alpha value is -3.60. The van der Waals surface area contributed by atoms with Gasteiger partial charge < -0.3 is 15.1 Å². The number of carbonyl (C=O) groups is 3. The number of urea groups is 1. The molecule has 11 heteroatoms. The fraction of sp³-hybridized carbons (Fsp3) is 0.318. The molecule has 172 valence electrons. The fourth-order valence-corrected chi connectivity index (χ4v) is 4.32. The second-order valence-electron chi connectivity index (χ2n) is 7.80. The van der Waals surface area contributed by atoms with Gasteiger partial charge in [-0.25, -0.2) is 4.79 Å². The number of carbonyl (C=O) groups excluding carboxylic acids is 3. The number of nitrogens with zero attached hydrogens (tertiary/aromatic N) is 3. The zero-order chi connectivity index (χ0) is 23.4. The highest BCUT2D eigenvalue weighted by Gasteiger charge is 2.27. The van der Waals surface area contributed by atoms with Crippen molar-refractivity contribution in [3.8, 4) is 5.69 Å². The summed E-state index contributed by atoms with van der Waals surface area (Å²) in [6.07, 6.45) is 2.04. The van der Waals surface area contributed by atoms with Crippen LogP contribution in [0.2, 0.25) is 0 Å². The van der Waals surface area contributed by atoms with Gasteiger partial charge >= 0.3 is 6.03 Å². The average molecular weight is 469 g/mol. The number of furan rings is 1. The molecule has 3 heterocycles. The van der Waals surface area contributed by atoms with E-state index < -0.39 is 12.1 Å². The molecule has 0 radical (unpaired) electrons. The number of aromatic nitrogens is 3. The van der Waals surface area contributed by atoms with E-state index >= 15 is 0 Å². The van der Waals surface area contributed by atoms with Crippen LogP contribution < -0.4 is 16.0 Å². The van der Waals surface area contributed by atoms with Gasteiger partial charge in [0.25, 0.3) is 0 Å². The van der Waals surface area contributed by atoms with Crippen LogP contribution in [-0.4, -0.2) is 44.4 Å². The lowest BCUT2D eigenvalue weighted by molar-refractivity contribution is -0.121. The Bertz CT molecular complexity index is 1160. The summed E-state index contributed by atoms with van der Waals surface area (Å²) in [5.74, 6) is 0.927. The third-order valence-corrected chi connectivity index (χ3v) is 6.06. The molecular formula is C22H24N6O4S.